The normalized spacial score (nSPS) is 29.6. The van der Waals surface area contributed by atoms with E-state index < -0.39 is 0 Å². The number of nitrogens with zero attached hydrogens (tertiary/aromatic N) is 4. The quantitative estimate of drug-likeness (QED) is 0.526. The Labute approximate surface area is 174 Å². The number of hydrogen-bond donors (Lipinski definition) is 0. The molecule has 0 N–H and O–H groups in total. The summed E-state index contributed by atoms with van der Waals surface area (Å²) in [6.07, 6.45) is 7.64. The van der Waals surface area contributed by atoms with Gasteiger partial charge in [-0.25, -0.2) is 0 Å². The van der Waals surface area contributed by atoms with Crippen molar-refractivity contribution in [2.24, 2.45) is 17.8 Å². The Hall–Kier alpha value is -2.33. The summed E-state index contributed by atoms with van der Waals surface area (Å²) in [5.74, 6) is 3.25. The number of thioether (sulfide) groups is 1. The first-order chi connectivity index (χ1) is 14.1. The Bertz CT molecular complexity index is 901. The van der Waals surface area contributed by atoms with E-state index in [2.05, 4.69) is 16.3 Å². The number of amides is 1. The van der Waals surface area contributed by atoms with Gasteiger partial charge in [0.2, 0.25) is 11.8 Å². The minimum Gasteiger partial charge on any atom is -0.415 e. The predicted octanol–water partition coefficient (Wildman–Crippen LogP) is 4.19. The Morgan fingerprint density at radius 3 is 2.41 bits per heavy atom. The van der Waals surface area contributed by atoms with Crippen LogP contribution in [0.2, 0.25) is 0 Å². The third-order valence-electron chi connectivity index (χ3n) is 6.82. The van der Waals surface area contributed by atoms with Gasteiger partial charge in [0.1, 0.15) is 6.54 Å². The minimum atomic E-state index is -0.141. The van der Waals surface area contributed by atoms with Crippen LogP contribution in [0.3, 0.4) is 0 Å². The van der Waals surface area contributed by atoms with Crippen molar-refractivity contribution < 1.29 is 9.21 Å². The highest BCUT2D eigenvalue weighted by atomic mass is 32.2. The summed E-state index contributed by atoms with van der Waals surface area (Å²) in [7, 11) is 0. The van der Waals surface area contributed by atoms with Gasteiger partial charge in [0.05, 0.1) is 11.8 Å². The smallest absolute Gasteiger partial charge is 0.277 e. The van der Waals surface area contributed by atoms with Crippen LogP contribution in [-0.4, -0.2) is 28.4 Å². The Morgan fingerprint density at radius 1 is 1.14 bits per heavy atom. The molecule has 29 heavy (non-hydrogen) atoms. The standard InChI is InChI=1S/C22H24N4O2S/c23-6-7-26(18-4-2-1-3-5-18)19(27)14-29-21-25-24-20(28-21)22-11-15-8-16(12-22)10-17(9-15)13-22/h1-5,15-17H,7-14H2. The summed E-state index contributed by atoms with van der Waals surface area (Å²) in [6, 6.07) is 11.3. The highest BCUT2D eigenvalue weighted by molar-refractivity contribution is 7.99. The molecule has 1 aromatic heterocycles. The lowest BCUT2D eigenvalue weighted by molar-refractivity contribution is -0.116. The molecule has 7 heteroatoms. The summed E-state index contributed by atoms with van der Waals surface area (Å²) in [4.78, 5) is 14.2. The van der Waals surface area contributed by atoms with Crippen LogP contribution in [0, 0.1) is 29.1 Å². The molecule has 150 valence electrons. The van der Waals surface area contributed by atoms with Crippen molar-refractivity contribution in [1.29, 1.82) is 5.26 Å². The van der Waals surface area contributed by atoms with E-state index >= 15 is 0 Å². The van der Waals surface area contributed by atoms with Gasteiger partial charge >= 0.3 is 0 Å². The fourth-order valence-electron chi connectivity index (χ4n) is 6.06. The van der Waals surface area contributed by atoms with Crippen molar-refractivity contribution in [3.05, 3.63) is 36.2 Å². The molecular weight excluding hydrogens is 384 g/mol. The number of benzene rings is 1. The second kappa shape index (κ2) is 7.49. The molecule has 1 aromatic carbocycles. The van der Waals surface area contributed by atoms with Gasteiger partial charge in [-0.2, -0.15) is 5.26 Å². The average molecular weight is 409 g/mol. The second-order valence-corrected chi connectivity index (χ2v) is 9.76. The number of hydrogen-bond acceptors (Lipinski definition) is 6. The lowest BCUT2D eigenvalue weighted by atomic mass is 9.49. The second-order valence-electron chi connectivity index (χ2n) is 8.83. The summed E-state index contributed by atoms with van der Waals surface area (Å²) >= 11 is 1.26. The average Bonchev–Trinajstić information content (AvgIpc) is 3.20. The fraction of sp³-hybridized carbons (Fsp3) is 0.545. The van der Waals surface area contributed by atoms with Gasteiger partial charge in [-0.3, -0.25) is 9.69 Å². The lowest BCUT2D eigenvalue weighted by Crippen LogP contribution is -2.48. The first-order valence-corrected chi connectivity index (χ1v) is 11.3. The summed E-state index contributed by atoms with van der Waals surface area (Å²) < 4.78 is 6.07. The van der Waals surface area contributed by atoms with Gasteiger partial charge < -0.3 is 4.42 Å². The number of aromatic nitrogens is 2. The van der Waals surface area contributed by atoms with E-state index in [0.717, 1.165) is 29.3 Å². The highest BCUT2D eigenvalue weighted by Crippen LogP contribution is 2.60. The molecule has 0 atom stereocenters. The molecule has 4 aliphatic carbocycles. The van der Waals surface area contributed by atoms with Crippen LogP contribution < -0.4 is 4.90 Å². The topological polar surface area (TPSA) is 83.0 Å². The zero-order valence-corrected chi connectivity index (χ0v) is 17.1. The van der Waals surface area contributed by atoms with Crippen molar-refractivity contribution in [2.45, 2.75) is 49.2 Å². The van der Waals surface area contributed by atoms with Crippen molar-refractivity contribution in [1.82, 2.24) is 10.2 Å². The van der Waals surface area contributed by atoms with E-state index in [4.69, 9.17) is 9.68 Å². The van der Waals surface area contributed by atoms with Crippen LogP contribution in [0.15, 0.2) is 40.0 Å². The lowest BCUT2D eigenvalue weighted by Gasteiger charge is -2.55. The molecule has 2 aromatic rings. The Kier molecular flexibility index (Phi) is 4.83. The van der Waals surface area contributed by atoms with Gasteiger partial charge in [-0.1, -0.05) is 30.0 Å². The number of anilines is 1. The highest BCUT2D eigenvalue weighted by Gasteiger charge is 2.54. The Balaban J connectivity index is 1.26. The van der Waals surface area contributed by atoms with Gasteiger partial charge in [0.15, 0.2) is 0 Å². The predicted molar refractivity (Wildman–Crippen MR) is 109 cm³/mol. The van der Waals surface area contributed by atoms with E-state index in [0.29, 0.717) is 5.22 Å². The Morgan fingerprint density at radius 2 is 1.79 bits per heavy atom. The van der Waals surface area contributed by atoms with Crippen molar-refractivity contribution in [3.63, 3.8) is 0 Å². The van der Waals surface area contributed by atoms with Crippen molar-refractivity contribution in [3.8, 4) is 6.07 Å². The summed E-state index contributed by atoms with van der Waals surface area (Å²) in [5.41, 5.74) is 0.793. The van der Waals surface area contributed by atoms with Crippen molar-refractivity contribution in [2.75, 3.05) is 17.2 Å². The first-order valence-electron chi connectivity index (χ1n) is 10.3. The minimum absolute atomic E-state index is 0.0196. The molecule has 4 aliphatic rings. The summed E-state index contributed by atoms with van der Waals surface area (Å²) in [6.45, 7) is 0.0196. The molecule has 6 nitrogen and oxygen atoms in total. The van der Waals surface area contributed by atoms with Crippen LogP contribution in [-0.2, 0) is 10.2 Å². The fourth-order valence-corrected chi connectivity index (χ4v) is 6.70. The number of carbonyl (C=O) groups is 1. The van der Waals surface area contributed by atoms with Crippen molar-refractivity contribution >= 4 is 23.4 Å². The molecule has 0 spiro atoms. The number of para-hydroxylation sites is 1. The molecule has 4 saturated carbocycles. The first kappa shape index (κ1) is 18.7. The number of nitriles is 1. The van der Waals surface area contributed by atoms with Gasteiger partial charge in [-0.05, 0) is 68.4 Å². The molecule has 0 aliphatic heterocycles. The molecule has 4 bridgehead atoms. The van der Waals surface area contributed by atoms with E-state index in [1.54, 1.807) is 0 Å². The van der Waals surface area contributed by atoms with Crippen LogP contribution in [0.1, 0.15) is 44.4 Å². The third kappa shape index (κ3) is 3.55. The van der Waals surface area contributed by atoms with Crippen LogP contribution >= 0.6 is 11.8 Å². The zero-order chi connectivity index (χ0) is 19.8. The van der Waals surface area contributed by atoms with Gasteiger partial charge in [-0.15, -0.1) is 10.2 Å². The molecular formula is C22H24N4O2S. The maximum Gasteiger partial charge on any atom is 0.277 e. The molecule has 1 amide bonds. The number of carbonyl (C=O) groups excluding carboxylic acids is 1. The van der Waals surface area contributed by atoms with E-state index in [-0.39, 0.29) is 23.6 Å². The molecule has 0 saturated heterocycles. The zero-order valence-electron chi connectivity index (χ0n) is 16.3. The maximum absolute atomic E-state index is 12.7. The van der Waals surface area contributed by atoms with Crippen LogP contribution in [0.25, 0.3) is 0 Å². The van der Waals surface area contributed by atoms with E-state index in [1.165, 1.54) is 55.2 Å². The molecule has 0 radical (unpaired) electrons. The summed E-state index contributed by atoms with van der Waals surface area (Å²) in [5, 5.41) is 18.2. The van der Waals surface area contributed by atoms with Crippen LogP contribution in [0.5, 0.6) is 0 Å². The van der Waals surface area contributed by atoms with E-state index in [9.17, 15) is 4.79 Å². The SMILES string of the molecule is N#CCN(C(=O)CSc1nnc(C23CC4CC(CC(C4)C2)C3)o1)c1ccccc1. The third-order valence-corrected chi connectivity index (χ3v) is 7.62. The number of rotatable bonds is 6. The van der Waals surface area contributed by atoms with E-state index in [1.807, 2.05) is 30.3 Å². The molecule has 6 rings (SSSR count). The maximum atomic E-state index is 12.7. The monoisotopic (exact) mass is 408 g/mol. The largest absolute Gasteiger partial charge is 0.415 e. The molecule has 1 heterocycles. The van der Waals surface area contributed by atoms with Gasteiger partial charge in [0, 0.05) is 11.1 Å². The molecule has 4 fully saturated rings. The van der Waals surface area contributed by atoms with Crippen LogP contribution in [0.4, 0.5) is 5.69 Å². The van der Waals surface area contributed by atoms with Gasteiger partial charge in [0.25, 0.3) is 5.22 Å². The molecule has 0 unspecified atom stereocenters.